The average Bonchev–Trinajstić information content (AvgIpc) is 2.37. The quantitative estimate of drug-likeness (QED) is 0.593. The van der Waals surface area contributed by atoms with Gasteiger partial charge in [0.05, 0.1) is 5.70 Å². The molecule has 0 unspecified atom stereocenters. The Labute approximate surface area is 59.2 Å². The molecule has 1 aliphatic heterocycles. The molecule has 0 saturated carbocycles. The summed E-state index contributed by atoms with van der Waals surface area (Å²) in [6.07, 6.45) is 1.89. The van der Waals surface area contributed by atoms with E-state index in [9.17, 15) is 0 Å². The molecule has 0 bridgehead atoms. The van der Waals surface area contributed by atoms with Crippen LogP contribution in [0.4, 0.5) is 0 Å². The van der Waals surface area contributed by atoms with Crippen LogP contribution in [0.3, 0.4) is 0 Å². The molecule has 1 aliphatic rings. The van der Waals surface area contributed by atoms with Gasteiger partial charge in [-0.05, 0) is 6.92 Å². The zero-order valence-electron chi connectivity index (χ0n) is 5.42. The second-order valence-electron chi connectivity index (χ2n) is 1.78. The van der Waals surface area contributed by atoms with E-state index in [1.54, 1.807) is 11.8 Å². The lowest BCUT2D eigenvalue weighted by atomic mass is 10.4. The normalized spacial score (nSPS) is 20.1. The highest BCUT2D eigenvalue weighted by Gasteiger charge is 2.07. The SMILES string of the molecule is C/C=C(/N)C1=NCCS1. The number of hydrogen-bond acceptors (Lipinski definition) is 3. The summed E-state index contributed by atoms with van der Waals surface area (Å²) >= 11 is 1.73. The summed E-state index contributed by atoms with van der Waals surface area (Å²) in [5.41, 5.74) is 6.40. The van der Waals surface area contributed by atoms with Gasteiger partial charge in [-0.25, -0.2) is 0 Å². The van der Waals surface area contributed by atoms with Gasteiger partial charge in [-0.1, -0.05) is 6.08 Å². The number of allylic oxidation sites excluding steroid dienone is 1. The Balaban J connectivity index is 2.61. The number of thioether (sulfide) groups is 1. The van der Waals surface area contributed by atoms with Crippen molar-refractivity contribution >= 4 is 16.8 Å². The predicted molar refractivity (Wildman–Crippen MR) is 42.7 cm³/mol. The second kappa shape index (κ2) is 2.92. The molecule has 0 atom stereocenters. The smallest absolute Gasteiger partial charge is 0.113 e. The third-order valence-corrected chi connectivity index (χ3v) is 2.17. The third-order valence-electron chi connectivity index (χ3n) is 1.14. The molecule has 2 nitrogen and oxygen atoms in total. The van der Waals surface area contributed by atoms with Gasteiger partial charge in [-0.15, -0.1) is 11.8 Å². The van der Waals surface area contributed by atoms with Crippen molar-refractivity contribution in [2.45, 2.75) is 6.92 Å². The van der Waals surface area contributed by atoms with Gasteiger partial charge in [-0.3, -0.25) is 4.99 Å². The molecule has 0 aromatic rings. The summed E-state index contributed by atoms with van der Waals surface area (Å²) in [6.45, 7) is 2.85. The van der Waals surface area contributed by atoms with Gasteiger partial charge >= 0.3 is 0 Å². The Morgan fingerprint density at radius 2 is 2.67 bits per heavy atom. The van der Waals surface area contributed by atoms with E-state index in [0.717, 1.165) is 23.0 Å². The highest BCUT2D eigenvalue weighted by atomic mass is 32.2. The van der Waals surface area contributed by atoms with Crippen molar-refractivity contribution in [3.05, 3.63) is 11.8 Å². The first-order valence-corrected chi connectivity index (χ1v) is 3.92. The van der Waals surface area contributed by atoms with Gasteiger partial charge < -0.3 is 5.73 Å². The van der Waals surface area contributed by atoms with E-state index in [-0.39, 0.29) is 0 Å². The van der Waals surface area contributed by atoms with Crippen LogP contribution in [-0.4, -0.2) is 17.3 Å². The fourth-order valence-electron chi connectivity index (χ4n) is 0.633. The molecule has 0 amide bonds. The van der Waals surface area contributed by atoms with Crippen molar-refractivity contribution in [2.24, 2.45) is 10.7 Å². The van der Waals surface area contributed by atoms with Crippen molar-refractivity contribution in [2.75, 3.05) is 12.3 Å². The highest BCUT2D eigenvalue weighted by Crippen LogP contribution is 2.14. The van der Waals surface area contributed by atoms with E-state index in [1.165, 1.54) is 0 Å². The molecule has 0 aromatic heterocycles. The summed E-state index contributed by atoms with van der Waals surface area (Å²) in [5, 5.41) is 1.01. The van der Waals surface area contributed by atoms with Crippen LogP contribution in [0.2, 0.25) is 0 Å². The Morgan fingerprint density at radius 3 is 3.11 bits per heavy atom. The first kappa shape index (κ1) is 6.68. The number of nitrogens with two attached hydrogens (primary N) is 1. The van der Waals surface area contributed by atoms with Gasteiger partial charge in [0.25, 0.3) is 0 Å². The molecule has 50 valence electrons. The van der Waals surface area contributed by atoms with E-state index in [0.29, 0.717) is 0 Å². The summed E-state index contributed by atoms with van der Waals surface area (Å²) in [4.78, 5) is 4.19. The summed E-state index contributed by atoms with van der Waals surface area (Å²) < 4.78 is 0. The third kappa shape index (κ3) is 1.48. The number of hydrogen-bond donors (Lipinski definition) is 1. The molecule has 0 spiro atoms. The summed E-state index contributed by atoms with van der Waals surface area (Å²) in [6, 6.07) is 0. The maximum Gasteiger partial charge on any atom is 0.113 e. The van der Waals surface area contributed by atoms with Gasteiger partial charge in [0.15, 0.2) is 0 Å². The summed E-state index contributed by atoms with van der Waals surface area (Å²) in [5.74, 6) is 1.09. The van der Waals surface area contributed by atoms with Crippen LogP contribution in [0, 0.1) is 0 Å². The fraction of sp³-hybridized carbons (Fsp3) is 0.500. The van der Waals surface area contributed by atoms with E-state index in [4.69, 9.17) is 5.73 Å². The molecular formula is C6H10N2S. The Kier molecular flexibility index (Phi) is 2.16. The number of rotatable bonds is 1. The Morgan fingerprint density at radius 1 is 1.89 bits per heavy atom. The standard InChI is InChI=1S/C6H10N2S/c1-2-5(7)6-8-3-4-9-6/h2H,3-4,7H2,1H3/b5-2+. The minimum Gasteiger partial charge on any atom is -0.397 e. The van der Waals surface area contributed by atoms with E-state index in [2.05, 4.69) is 4.99 Å². The first-order chi connectivity index (χ1) is 4.34. The second-order valence-corrected chi connectivity index (χ2v) is 2.86. The minimum absolute atomic E-state index is 0.817. The van der Waals surface area contributed by atoms with Crippen molar-refractivity contribution < 1.29 is 0 Å². The molecule has 3 heteroatoms. The lowest BCUT2D eigenvalue weighted by Gasteiger charge is -1.95. The number of aliphatic imine (C=N–C) groups is 1. The largest absolute Gasteiger partial charge is 0.397 e. The highest BCUT2D eigenvalue weighted by molar-refractivity contribution is 8.14. The molecule has 0 fully saturated rings. The Hall–Kier alpha value is -0.440. The van der Waals surface area contributed by atoms with Gasteiger partial charge in [0, 0.05) is 12.3 Å². The zero-order valence-corrected chi connectivity index (χ0v) is 6.24. The van der Waals surface area contributed by atoms with Crippen LogP contribution < -0.4 is 5.73 Å². The molecule has 0 aliphatic carbocycles. The van der Waals surface area contributed by atoms with Gasteiger partial charge in [0.2, 0.25) is 0 Å². The van der Waals surface area contributed by atoms with Crippen molar-refractivity contribution in [3.63, 3.8) is 0 Å². The molecule has 1 rings (SSSR count). The van der Waals surface area contributed by atoms with Gasteiger partial charge in [0.1, 0.15) is 5.04 Å². The van der Waals surface area contributed by atoms with Crippen LogP contribution in [0.25, 0.3) is 0 Å². The van der Waals surface area contributed by atoms with Crippen LogP contribution in [0.5, 0.6) is 0 Å². The average molecular weight is 142 g/mol. The maximum absolute atomic E-state index is 5.59. The molecule has 0 aromatic carbocycles. The topological polar surface area (TPSA) is 38.4 Å². The predicted octanol–water partition coefficient (Wildman–Crippen LogP) is 0.994. The van der Waals surface area contributed by atoms with E-state index >= 15 is 0 Å². The maximum atomic E-state index is 5.59. The number of nitrogens with zero attached hydrogens (tertiary/aromatic N) is 1. The van der Waals surface area contributed by atoms with E-state index < -0.39 is 0 Å². The van der Waals surface area contributed by atoms with Gasteiger partial charge in [-0.2, -0.15) is 0 Å². The summed E-state index contributed by atoms with van der Waals surface area (Å²) in [7, 11) is 0. The fourth-order valence-corrected chi connectivity index (χ4v) is 1.48. The monoisotopic (exact) mass is 142 g/mol. The zero-order chi connectivity index (χ0) is 6.69. The van der Waals surface area contributed by atoms with Crippen molar-refractivity contribution in [1.29, 1.82) is 0 Å². The molecule has 9 heavy (non-hydrogen) atoms. The van der Waals surface area contributed by atoms with Crippen molar-refractivity contribution in [1.82, 2.24) is 0 Å². The van der Waals surface area contributed by atoms with Crippen LogP contribution >= 0.6 is 11.8 Å². The Bertz CT molecular complexity index is 160. The van der Waals surface area contributed by atoms with Crippen LogP contribution in [0.1, 0.15) is 6.92 Å². The molecular weight excluding hydrogens is 132 g/mol. The van der Waals surface area contributed by atoms with E-state index in [1.807, 2.05) is 13.0 Å². The molecule has 1 heterocycles. The first-order valence-electron chi connectivity index (χ1n) is 2.94. The lowest BCUT2D eigenvalue weighted by molar-refractivity contribution is 1.17. The molecule has 2 N–H and O–H groups in total. The van der Waals surface area contributed by atoms with Crippen molar-refractivity contribution in [3.8, 4) is 0 Å². The molecule has 0 saturated heterocycles. The van der Waals surface area contributed by atoms with Crippen LogP contribution in [0.15, 0.2) is 16.8 Å². The molecule has 0 radical (unpaired) electrons. The van der Waals surface area contributed by atoms with Crippen LogP contribution in [-0.2, 0) is 0 Å². The lowest BCUT2D eigenvalue weighted by Crippen LogP contribution is -2.04. The minimum atomic E-state index is 0.817.